The van der Waals surface area contributed by atoms with E-state index in [-0.39, 0.29) is 22.4 Å². The number of nitro benzene ring substituents is 1. The van der Waals surface area contributed by atoms with Crippen molar-refractivity contribution in [2.45, 2.75) is 12.1 Å². The van der Waals surface area contributed by atoms with Gasteiger partial charge in [-0.1, -0.05) is 35.3 Å². The van der Waals surface area contributed by atoms with Gasteiger partial charge in [0.15, 0.2) is 0 Å². The lowest BCUT2D eigenvalue weighted by molar-refractivity contribution is -0.384. The van der Waals surface area contributed by atoms with Crippen LogP contribution in [0.5, 0.6) is 5.75 Å². The van der Waals surface area contributed by atoms with Crippen molar-refractivity contribution >= 4 is 64.0 Å². The minimum atomic E-state index is -0.981. The monoisotopic (exact) mass is 692 g/mol. The van der Waals surface area contributed by atoms with E-state index >= 15 is 0 Å². The Bertz CT molecular complexity index is 1780. The summed E-state index contributed by atoms with van der Waals surface area (Å²) in [4.78, 5) is 44.6. The highest BCUT2D eigenvalue weighted by atomic mass is 35.5. The van der Waals surface area contributed by atoms with Crippen LogP contribution in [0.3, 0.4) is 0 Å². The number of rotatable bonds is 9. The number of hydrogen-bond donors (Lipinski definition) is 1. The first kappa shape index (κ1) is 31.8. The standard InChI is InChI=1S/C32H30Cl2N8O6/c33-21-4-9-26(25(34)19-21)48-28-27(20-2-1-3-24(18-20)42(44)45)41(29(28)43)23-7-5-22(6-8-23)35-30-36-31(39-10-14-46-15-11-39)38-32(37-30)40-12-16-47-17-13-40/h1-9,18-19,27-28H,10-17H2,(H,35,36,37,38)/t27-,28+/m1/s1. The molecule has 4 aromatic rings. The third kappa shape index (κ3) is 6.65. The van der Waals surface area contributed by atoms with Gasteiger partial charge in [0.05, 0.1) is 36.4 Å². The molecule has 0 spiro atoms. The van der Waals surface area contributed by atoms with Gasteiger partial charge in [0.2, 0.25) is 23.9 Å². The second-order valence-electron chi connectivity index (χ2n) is 11.2. The molecule has 3 fully saturated rings. The quantitative estimate of drug-likeness (QED) is 0.142. The predicted octanol–water partition coefficient (Wildman–Crippen LogP) is 5.04. The maximum atomic E-state index is 13.6. The minimum Gasteiger partial charge on any atom is -0.476 e. The van der Waals surface area contributed by atoms with Crippen molar-refractivity contribution in [2.75, 3.05) is 72.6 Å². The van der Waals surface area contributed by atoms with E-state index in [2.05, 4.69) is 15.1 Å². The Hall–Kier alpha value is -4.76. The number of halogens is 2. The third-order valence-electron chi connectivity index (χ3n) is 8.22. The van der Waals surface area contributed by atoms with Crippen LogP contribution in [0.1, 0.15) is 11.6 Å². The third-order valence-corrected chi connectivity index (χ3v) is 8.75. The molecule has 14 nitrogen and oxygen atoms in total. The Morgan fingerprint density at radius 2 is 1.50 bits per heavy atom. The van der Waals surface area contributed by atoms with Gasteiger partial charge in [-0.05, 0) is 48.0 Å². The summed E-state index contributed by atoms with van der Waals surface area (Å²) < 4.78 is 17.1. The number of carbonyl (C=O) groups excluding carboxylic acids is 1. The zero-order chi connectivity index (χ0) is 33.2. The average Bonchev–Trinajstić information content (AvgIpc) is 3.11. The summed E-state index contributed by atoms with van der Waals surface area (Å²) in [5.74, 6) is 1.45. The lowest BCUT2D eigenvalue weighted by Crippen LogP contribution is -2.61. The first-order valence-electron chi connectivity index (χ1n) is 15.3. The fraction of sp³-hybridized carbons (Fsp3) is 0.312. The summed E-state index contributed by atoms with van der Waals surface area (Å²) in [5, 5.41) is 15.5. The van der Waals surface area contributed by atoms with Crippen LogP contribution in [0.25, 0.3) is 0 Å². The number of hydrogen-bond acceptors (Lipinski definition) is 12. The number of morpholine rings is 2. The van der Waals surface area contributed by atoms with Crippen molar-refractivity contribution in [3.8, 4) is 5.75 Å². The normalized spacial score (nSPS) is 19.5. The summed E-state index contributed by atoms with van der Waals surface area (Å²) in [5.41, 5.74) is 1.70. The molecule has 3 aromatic carbocycles. The van der Waals surface area contributed by atoms with Crippen molar-refractivity contribution in [3.63, 3.8) is 0 Å². The number of β-lactam (4-membered cyclic amide) rings is 1. The highest BCUT2D eigenvalue weighted by Gasteiger charge is 2.51. The summed E-state index contributed by atoms with van der Waals surface area (Å²) in [6.45, 7) is 5.05. The first-order chi connectivity index (χ1) is 23.3. The molecule has 16 heteroatoms. The van der Waals surface area contributed by atoms with Gasteiger partial charge in [0.25, 0.3) is 11.6 Å². The van der Waals surface area contributed by atoms with Crippen molar-refractivity contribution in [1.82, 2.24) is 15.0 Å². The van der Waals surface area contributed by atoms with Gasteiger partial charge < -0.3 is 29.3 Å². The fourth-order valence-corrected chi connectivity index (χ4v) is 6.23. The van der Waals surface area contributed by atoms with Crippen molar-refractivity contribution < 1.29 is 23.9 Å². The van der Waals surface area contributed by atoms with E-state index < -0.39 is 17.1 Å². The van der Waals surface area contributed by atoms with E-state index in [1.165, 1.54) is 18.2 Å². The molecule has 0 radical (unpaired) electrons. The molecule has 1 aromatic heterocycles. The van der Waals surface area contributed by atoms with E-state index in [0.717, 1.165) is 0 Å². The molecule has 1 amide bonds. The summed E-state index contributed by atoms with van der Waals surface area (Å²) in [6, 6.07) is 17.4. The van der Waals surface area contributed by atoms with Crippen LogP contribution < -0.4 is 24.8 Å². The van der Waals surface area contributed by atoms with Crippen molar-refractivity contribution in [1.29, 1.82) is 0 Å². The highest BCUT2D eigenvalue weighted by molar-refractivity contribution is 6.35. The first-order valence-corrected chi connectivity index (χ1v) is 16.1. The van der Waals surface area contributed by atoms with Crippen LogP contribution in [-0.2, 0) is 14.3 Å². The summed E-state index contributed by atoms with van der Waals surface area (Å²) >= 11 is 12.4. The Morgan fingerprint density at radius 3 is 2.10 bits per heavy atom. The van der Waals surface area contributed by atoms with E-state index in [1.54, 1.807) is 41.3 Å². The summed E-state index contributed by atoms with van der Waals surface area (Å²) in [6.07, 6.45) is -0.981. The molecule has 2 atom stereocenters. The van der Waals surface area contributed by atoms with Gasteiger partial charge in [-0.2, -0.15) is 15.0 Å². The smallest absolute Gasteiger partial charge is 0.271 e. The molecule has 0 saturated carbocycles. The molecule has 1 N–H and O–H groups in total. The Kier molecular flexibility index (Phi) is 9.13. The molecule has 3 aliphatic heterocycles. The van der Waals surface area contributed by atoms with E-state index in [4.69, 9.17) is 52.4 Å². The largest absolute Gasteiger partial charge is 0.476 e. The molecule has 48 heavy (non-hydrogen) atoms. The van der Waals surface area contributed by atoms with Crippen LogP contribution in [0.4, 0.5) is 34.9 Å². The second kappa shape index (κ2) is 13.8. The number of nitrogens with zero attached hydrogens (tertiary/aromatic N) is 7. The lowest BCUT2D eigenvalue weighted by atomic mass is 9.89. The number of anilines is 5. The van der Waals surface area contributed by atoms with Crippen LogP contribution in [0.2, 0.25) is 10.0 Å². The zero-order valence-corrected chi connectivity index (χ0v) is 27.0. The molecule has 4 heterocycles. The lowest BCUT2D eigenvalue weighted by Gasteiger charge is -2.46. The Morgan fingerprint density at radius 1 is 0.854 bits per heavy atom. The van der Waals surface area contributed by atoms with Crippen LogP contribution in [0, 0.1) is 10.1 Å². The molecule has 3 saturated heterocycles. The molecule has 0 unspecified atom stereocenters. The van der Waals surface area contributed by atoms with E-state index in [0.29, 0.717) is 92.4 Å². The number of nitro groups is 1. The van der Waals surface area contributed by atoms with Crippen LogP contribution in [0.15, 0.2) is 66.7 Å². The molecule has 248 valence electrons. The molecule has 0 bridgehead atoms. The van der Waals surface area contributed by atoms with E-state index in [1.807, 2.05) is 12.1 Å². The van der Waals surface area contributed by atoms with Gasteiger partial charge in [-0.3, -0.25) is 19.8 Å². The number of benzene rings is 3. The minimum absolute atomic E-state index is 0.0973. The average molecular weight is 694 g/mol. The van der Waals surface area contributed by atoms with Crippen molar-refractivity contribution in [2.24, 2.45) is 0 Å². The second-order valence-corrected chi connectivity index (χ2v) is 12.1. The zero-order valence-electron chi connectivity index (χ0n) is 25.5. The number of non-ortho nitro benzene ring substituents is 1. The number of amides is 1. The Balaban J connectivity index is 1.15. The number of carbonyl (C=O) groups is 1. The van der Waals surface area contributed by atoms with Gasteiger partial charge in [-0.25, -0.2) is 0 Å². The number of nitrogens with one attached hydrogen (secondary N) is 1. The molecular formula is C32H30Cl2N8O6. The molecular weight excluding hydrogens is 663 g/mol. The predicted molar refractivity (Wildman–Crippen MR) is 180 cm³/mol. The molecule has 0 aliphatic carbocycles. The number of aromatic nitrogens is 3. The van der Waals surface area contributed by atoms with Crippen LogP contribution in [-0.4, -0.2) is 84.5 Å². The summed E-state index contributed by atoms with van der Waals surface area (Å²) in [7, 11) is 0. The fourth-order valence-electron chi connectivity index (χ4n) is 5.77. The van der Waals surface area contributed by atoms with E-state index in [9.17, 15) is 14.9 Å². The van der Waals surface area contributed by atoms with Gasteiger partial charge >= 0.3 is 0 Å². The Labute approximate surface area is 285 Å². The number of ether oxygens (including phenoxy) is 3. The van der Waals surface area contributed by atoms with Gasteiger partial charge in [-0.15, -0.1) is 0 Å². The van der Waals surface area contributed by atoms with Crippen molar-refractivity contribution in [3.05, 3.63) is 92.5 Å². The van der Waals surface area contributed by atoms with Crippen LogP contribution >= 0.6 is 23.2 Å². The van der Waals surface area contributed by atoms with Gasteiger partial charge in [0, 0.05) is 54.7 Å². The maximum absolute atomic E-state index is 13.6. The maximum Gasteiger partial charge on any atom is 0.271 e. The highest BCUT2D eigenvalue weighted by Crippen LogP contribution is 2.43. The molecule has 3 aliphatic rings. The van der Waals surface area contributed by atoms with Gasteiger partial charge in [0.1, 0.15) is 11.8 Å². The topological polar surface area (TPSA) is 148 Å². The SMILES string of the molecule is O=C1[C@@H](Oc2ccc(Cl)cc2Cl)[C@@H](c2cccc([N+](=O)[O-])c2)N1c1ccc(Nc2nc(N3CCOCC3)nc(N3CCOCC3)n2)cc1. The molecule has 7 rings (SSSR count).